The van der Waals surface area contributed by atoms with Gasteiger partial charge in [0.25, 0.3) is 0 Å². The Labute approximate surface area is 922 Å². The Kier molecular flexibility index (Phi) is 84.5. The summed E-state index contributed by atoms with van der Waals surface area (Å²) in [6.45, 7) is 53.9. The number of aldehydes is 1. The number of likely N-dealkylation sites (tertiary alicyclic amines) is 2. The molecule has 1 amide bonds. The number of aliphatic imine (C=N–C) groups is 1. The molecule has 11 N–H and O–H groups in total. The van der Waals surface area contributed by atoms with Gasteiger partial charge in [-0.05, 0) is 408 Å². The summed E-state index contributed by atoms with van der Waals surface area (Å²) in [5.41, 5.74) is 21.8. The normalized spacial score (nSPS) is 23.0. The Hall–Kier alpha value is -6.22. The van der Waals surface area contributed by atoms with Crippen LogP contribution in [0.5, 0.6) is 0 Å². The number of hydrogen-bond donors (Lipinski definition) is 6. The number of ketones is 4. The van der Waals surface area contributed by atoms with Crippen LogP contribution < -0.4 is 33.2 Å². The first kappa shape index (κ1) is 145. The average Bonchev–Trinajstić information content (AvgIpc) is 1.73. The molecule has 862 valence electrons. The van der Waals surface area contributed by atoms with Crippen molar-refractivity contribution in [1.82, 2.24) is 25.8 Å². The number of allylic oxidation sites excluding steroid dienone is 12. The zero-order valence-corrected chi connectivity index (χ0v) is 97.9. The van der Waals surface area contributed by atoms with Crippen molar-refractivity contribution in [2.24, 2.45) is 66.5 Å². The highest BCUT2D eigenvalue weighted by atomic mass is 32.2. The molecule has 1 unspecified atom stereocenters. The maximum Gasteiger partial charge on any atom is 0.412 e. The summed E-state index contributed by atoms with van der Waals surface area (Å²) < 4.78 is 11.2. The lowest BCUT2D eigenvalue weighted by Gasteiger charge is -2.48. The molecule has 0 bridgehead atoms. The first-order valence-corrected chi connectivity index (χ1v) is 60.8. The van der Waals surface area contributed by atoms with Gasteiger partial charge in [0, 0.05) is 68.9 Å². The van der Waals surface area contributed by atoms with Crippen LogP contribution in [0.15, 0.2) is 141 Å². The van der Waals surface area contributed by atoms with Crippen LogP contribution in [0.2, 0.25) is 0 Å². The summed E-state index contributed by atoms with van der Waals surface area (Å²) >= 11 is 1.37. The van der Waals surface area contributed by atoms with Gasteiger partial charge in [0.05, 0.1) is 16.8 Å². The Morgan fingerprint density at radius 2 is 0.919 bits per heavy atom. The zero-order chi connectivity index (χ0) is 108. The van der Waals surface area contributed by atoms with Crippen molar-refractivity contribution in [3.05, 3.63) is 136 Å². The third-order valence-electron chi connectivity index (χ3n) is 33.6. The van der Waals surface area contributed by atoms with Gasteiger partial charge >= 0.3 is 6.09 Å². The molecule has 4 heterocycles. The summed E-state index contributed by atoms with van der Waals surface area (Å²) in [4.78, 5) is 72.1. The Balaban J connectivity index is 0. The van der Waals surface area contributed by atoms with Gasteiger partial charge in [0.1, 0.15) is 17.7 Å². The van der Waals surface area contributed by atoms with Crippen LogP contribution >= 0.6 is 11.8 Å². The molecule has 0 aromatic rings. The third kappa shape index (κ3) is 67.4. The number of Topliss-reactive ketones (excluding diaryl/α,β-unsaturated/α-hetero) is 1. The van der Waals surface area contributed by atoms with Crippen molar-refractivity contribution in [3.8, 4) is 0 Å². The van der Waals surface area contributed by atoms with Gasteiger partial charge in [-0.25, -0.2) is 4.79 Å². The second-order valence-corrected chi connectivity index (χ2v) is 47.6. The number of alkyl carbamates (subject to hydrolysis) is 1. The maximum absolute atomic E-state index is 11.1. The summed E-state index contributed by atoms with van der Waals surface area (Å²) in [6, 6.07) is 1.76. The second kappa shape index (κ2) is 86.9. The summed E-state index contributed by atoms with van der Waals surface area (Å²) in [7, 11) is 2.11. The van der Waals surface area contributed by atoms with E-state index in [2.05, 4.69) is 136 Å². The van der Waals surface area contributed by atoms with Crippen LogP contribution in [-0.2, 0) is 33.4 Å². The van der Waals surface area contributed by atoms with E-state index < -0.39 is 11.7 Å². The molecule has 13 aliphatic carbocycles. The smallest absolute Gasteiger partial charge is 0.412 e. The van der Waals surface area contributed by atoms with Crippen molar-refractivity contribution in [2.45, 2.75) is 551 Å². The largest absolute Gasteiger partial charge is 0.479 e. The van der Waals surface area contributed by atoms with E-state index in [9.17, 15) is 28.8 Å². The zero-order valence-electron chi connectivity index (χ0n) is 97.1. The van der Waals surface area contributed by atoms with Crippen LogP contribution in [0.25, 0.3) is 0 Å². The Bertz CT molecular complexity index is 3560. The number of hydrogen-bond acceptors (Lipinski definition) is 15. The van der Waals surface area contributed by atoms with Gasteiger partial charge in [-0.15, -0.1) is 44.7 Å². The lowest BCUT2D eigenvalue weighted by Crippen LogP contribution is -2.50. The van der Waals surface area contributed by atoms with Crippen LogP contribution in [-0.4, -0.2) is 139 Å². The first-order chi connectivity index (χ1) is 70.1. The standard InChI is InChI=1S/C15H25NO.C12H23N3.C12H23N.C11H21N.C11H19N.C11H18O.C11H16O.C8H15NO2S.C7H12O.C6H10.C4H9N.2C4H6O.3C4H8.2CH4.H2O/c1-13-7-10-15(8-3-2-4-9-15)14(17-13)16-11-5-6-12-16;13-11(14)15-10-4-8-12(9-5-10)6-2-1-3-7-12;1-13-11-5-9-12(10-6-11)7-3-2-4-8-12;12-10-4-8-11(9-5-10)6-2-1-3-7-11;1-2-6-11(7-3-1)10-12-8-4-5-9-12;2*12-10-4-8-11(9-5-10)6-2-1-3-7-11;1-6(12-5)9-7(10)11-8(2,3)4;8-6-7-4-2-1-3-5-7;1-4-6(3)5-2;1-2-4-5-3-1;2*1-3-4(2)5;3*1-3-4-2;;;/h7,14H,2-6,8-12H2,1H3;10H,1-9H2,(H4,13,14,15);11,13H,2-10H2,1H3;10H,1-9,12H2;10H,1-9H2;1-9H2;4,8H,1-3,5-7,9H2;1H2,2-5H3,(H,9,10);6-7H,1-5H2;4-6H,1-2H2,3H3;5H,1-4H2;2*3H,1H2,2H3;3*3H,1,4H2,2H3;2*1H4;1H2. The van der Waals surface area contributed by atoms with Gasteiger partial charge in [0.2, 0.25) is 0 Å². The average molecular weight is 2100 g/mol. The van der Waals surface area contributed by atoms with Crippen molar-refractivity contribution < 1.29 is 43.7 Å². The van der Waals surface area contributed by atoms with Crippen molar-refractivity contribution >= 4 is 53.2 Å². The lowest BCUT2D eigenvalue weighted by molar-refractivity contribution is -0.126. The fourth-order valence-electron chi connectivity index (χ4n) is 23.7. The van der Waals surface area contributed by atoms with E-state index in [1.165, 1.54) is 456 Å². The number of carbonyl (C=O) groups is 6. The highest BCUT2D eigenvalue weighted by molar-refractivity contribution is 8.02. The molecule has 149 heavy (non-hydrogen) atoms. The molecule has 0 radical (unpaired) electrons. The number of ether oxygens (including phenoxy) is 2. The quantitative estimate of drug-likeness (QED) is 0.0310. The minimum absolute atomic E-state index is 0. The van der Waals surface area contributed by atoms with E-state index in [-0.39, 0.29) is 37.9 Å². The topological polar surface area (TPSA) is 285 Å². The molecule has 12 saturated carbocycles. The van der Waals surface area contributed by atoms with Gasteiger partial charge in [-0.1, -0.05) is 246 Å². The van der Waals surface area contributed by atoms with E-state index >= 15 is 0 Å². The maximum atomic E-state index is 11.1. The van der Waals surface area contributed by atoms with Crippen molar-refractivity contribution in [1.29, 1.82) is 0 Å². The number of guanidine groups is 1. The minimum Gasteiger partial charge on any atom is -0.479 e. The number of nitrogens with two attached hydrogens (primary N) is 3. The van der Waals surface area contributed by atoms with E-state index in [4.69, 9.17) is 26.7 Å². The molecular formula is C130H237N9O9S. The number of nitrogens with zero attached hydrogens (tertiary/aromatic N) is 3. The molecule has 0 aromatic heterocycles. The molecule has 3 saturated heterocycles. The molecule has 0 aromatic carbocycles. The molecule has 6 spiro atoms. The fourth-order valence-corrected chi connectivity index (χ4v) is 23.9. The van der Waals surface area contributed by atoms with Crippen molar-refractivity contribution in [2.75, 3.05) is 52.6 Å². The van der Waals surface area contributed by atoms with Crippen LogP contribution in [0.3, 0.4) is 0 Å². The number of nitrogens with one attached hydrogen (secondary N) is 3. The molecule has 17 rings (SSSR count). The summed E-state index contributed by atoms with van der Waals surface area (Å²) in [5.74, 6) is 3.15. The number of thioether (sulfide) groups is 1. The molecular weight excluding hydrogens is 1860 g/mol. The van der Waals surface area contributed by atoms with Crippen LogP contribution in [0.1, 0.15) is 521 Å². The monoisotopic (exact) mass is 2100 g/mol. The fraction of sp³-hybridized carbons (Fsp3) is 0.777. The van der Waals surface area contributed by atoms with E-state index in [1.54, 1.807) is 5.57 Å². The van der Waals surface area contributed by atoms with Gasteiger partial charge in [0.15, 0.2) is 29.5 Å². The number of rotatable bonds is 14. The Morgan fingerprint density at radius 3 is 1.26 bits per heavy atom. The molecule has 19 heteroatoms. The predicted molar refractivity (Wildman–Crippen MR) is 648 cm³/mol. The van der Waals surface area contributed by atoms with Gasteiger partial charge < -0.3 is 52.5 Å². The van der Waals surface area contributed by atoms with Gasteiger partial charge in [-0.3, -0.25) is 34.4 Å². The summed E-state index contributed by atoms with van der Waals surface area (Å²) in [6.07, 6.45) is 115. The van der Waals surface area contributed by atoms with Crippen molar-refractivity contribution in [3.63, 3.8) is 0 Å². The minimum atomic E-state index is -0.457. The molecule has 17 aliphatic rings. The SMILES string of the molecule is C.C.C(=C1CCCCC1)N1CCCC1.C1CCNC1.C=C(NC(=O)OC(C)(C)C)SC.C=CC(C)=O.C=CC(C)=O.C=CC(C)C=C.C=CCC.C=CCC.C=CCC.CC1=CCC2(CCCCC2)C(N2CCCC2)O1.CNC1CCC2(CCCCC2)CC1.NC(N)=NC1CCC2(CCCCC2)CC1.NC1CCC2(CCCCC2)CC1.O.O=C1C=CC2(CCCCC2)CC1.O=C1CCC2(CCCCC2)CC1.O=CC1CCCCC1. The summed E-state index contributed by atoms with van der Waals surface area (Å²) in [5, 5.41) is 9.73. The Morgan fingerprint density at radius 1 is 0.537 bits per heavy atom. The number of amides is 1. The van der Waals surface area contributed by atoms with E-state index in [1.807, 2.05) is 70.4 Å². The molecule has 18 nitrogen and oxygen atoms in total. The molecule has 4 aliphatic heterocycles. The predicted octanol–water partition coefficient (Wildman–Crippen LogP) is 33.8. The van der Waals surface area contributed by atoms with E-state index in [0.29, 0.717) is 68.4 Å². The van der Waals surface area contributed by atoms with Gasteiger partial charge in [-0.2, -0.15) is 0 Å². The van der Waals surface area contributed by atoms with E-state index in [0.717, 1.165) is 86.7 Å². The third-order valence-corrected chi connectivity index (χ3v) is 34.2. The highest BCUT2D eigenvalue weighted by Gasteiger charge is 2.47. The molecule has 15 fully saturated rings. The van der Waals surface area contributed by atoms with Crippen LogP contribution in [0.4, 0.5) is 4.79 Å². The second-order valence-electron chi connectivity index (χ2n) is 46.7. The lowest BCUT2D eigenvalue weighted by atomic mass is 9.64. The first-order valence-electron chi connectivity index (χ1n) is 59.6. The molecule has 1 atom stereocenters. The van der Waals surface area contributed by atoms with Crippen LogP contribution in [0, 0.1) is 44.3 Å². The highest BCUT2D eigenvalue weighted by Crippen LogP contribution is 2.53. The number of carbonyl (C=O) groups excluding carboxylic acids is 6.